The van der Waals surface area contributed by atoms with Crippen molar-refractivity contribution < 1.29 is 13.2 Å². The van der Waals surface area contributed by atoms with Crippen LogP contribution in [-0.2, 0) is 12.6 Å². The van der Waals surface area contributed by atoms with Crippen LogP contribution in [0, 0.1) is 11.3 Å². The Morgan fingerprint density at radius 3 is 2.14 bits per heavy atom. The van der Waals surface area contributed by atoms with Crippen LogP contribution < -0.4 is 4.90 Å². The minimum Gasteiger partial charge on any atom is -0.371 e. The van der Waals surface area contributed by atoms with Crippen molar-refractivity contribution in [3.05, 3.63) is 29.3 Å². The lowest BCUT2D eigenvalue weighted by Crippen LogP contribution is -2.38. The van der Waals surface area contributed by atoms with E-state index in [-0.39, 0.29) is 5.41 Å². The van der Waals surface area contributed by atoms with Gasteiger partial charge in [0, 0.05) is 18.8 Å². The summed E-state index contributed by atoms with van der Waals surface area (Å²) in [7, 11) is 0. The molecule has 124 valence electrons. The molecule has 0 spiro atoms. The van der Waals surface area contributed by atoms with Crippen molar-refractivity contribution in [2.24, 2.45) is 11.3 Å². The number of nitrogens with zero attached hydrogens (tertiary/aromatic N) is 1. The third kappa shape index (κ3) is 3.76. The Balaban J connectivity index is 2.25. The lowest BCUT2D eigenvalue weighted by molar-refractivity contribution is -0.137. The quantitative estimate of drug-likeness (QED) is 0.694. The third-order valence-electron chi connectivity index (χ3n) is 4.84. The molecular weight excluding hydrogens is 287 g/mol. The predicted octanol–water partition coefficient (Wildman–Crippen LogP) is 5.53. The van der Waals surface area contributed by atoms with E-state index in [1.807, 2.05) is 11.8 Å². The zero-order valence-electron chi connectivity index (χ0n) is 13.9. The zero-order valence-corrected chi connectivity index (χ0v) is 13.9. The van der Waals surface area contributed by atoms with Crippen molar-refractivity contribution >= 4 is 5.69 Å². The van der Waals surface area contributed by atoms with Crippen LogP contribution >= 0.6 is 0 Å². The second-order valence-electron chi connectivity index (χ2n) is 7.33. The molecule has 1 heterocycles. The molecule has 1 nitrogen and oxygen atoms in total. The summed E-state index contributed by atoms with van der Waals surface area (Å²) in [6.45, 7) is 10.0. The summed E-state index contributed by atoms with van der Waals surface area (Å²) in [6, 6.07) is 4.55. The number of rotatable bonds is 2. The lowest BCUT2D eigenvalue weighted by Gasteiger charge is -2.40. The Morgan fingerprint density at radius 2 is 1.68 bits per heavy atom. The van der Waals surface area contributed by atoms with Gasteiger partial charge in [0.05, 0.1) is 5.56 Å². The van der Waals surface area contributed by atoms with E-state index >= 15 is 0 Å². The average Bonchev–Trinajstić information content (AvgIpc) is 2.45. The number of hydrogen-bond acceptors (Lipinski definition) is 1. The maximum Gasteiger partial charge on any atom is 0.418 e. The number of halogens is 3. The van der Waals surface area contributed by atoms with E-state index in [2.05, 4.69) is 20.8 Å². The van der Waals surface area contributed by atoms with Crippen LogP contribution in [0.3, 0.4) is 0 Å². The van der Waals surface area contributed by atoms with Crippen LogP contribution in [0.4, 0.5) is 18.9 Å². The molecule has 0 bridgehead atoms. The summed E-state index contributed by atoms with van der Waals surface area (Å²) in [5.74, 6) is 0.576. The molecule has 0 aliphatic carbocycles. The van der Waals surface area contributed by atoms with Crippen molar-refractivity contribution in [1.29, 1.82) is 0 Å². The van der Waals surface area contributed by atoms with Gasteiger partial charge >= 0.3 is 6.18 Å². The van der Waals surface area contributed by atoms with Gasteiger partial charge in [0.25, 0.3) is 0 Å². The average molecular weight is 313 g/mol. The molecule has 1 aromatic carbocycles. The molecule has 1 saturated heterocycles. The largest absolute Gasteiger partial charge is 0.418 e. The van der Waals surface area contributed by atoms with Gasteiger partial charge in [-0.25, -0.2) is 0 Å². The molecule has 0 atom stereocenters. The summed E-state index contributed by atoms with van der Waals surface area (Å²) >= 11 is 0. The molecule has 0 amide bonds. The molecule has 0 unspecified atom stereocenters. The fourth-order valence-electron chi connectivity index (χ4n) is 3.28. The van der Waals surface area contributed by atoms with Gasteiger partial charge in [-0.3, -0.25) is 0 Å². The molecule has 22 heavy (non-hydrogen) atoms. The van der Waals surface area contributed by atoms with Crippen LogP contribution in [0.25, 0.3) is 0 Å². The molecule has 1 aliphatic heterocycles. The van der Waals surface area contributed by atoms with Crippen LogP contribution in [0.2, 0.25) is 0 Å². The summed E-state index contributed by atoms with van der Waals surface area (Å²) in [4.78, 5) is 1.92. The zero-order chi connectivity index (χ0) is 16.5. The molecule has 0 radical (unpaired) electrons. The molecule has 1 fully saturated rings. The Kier molecular flexibility index (Phi) is 4.78. The Labute approximate surface area is 131 Å². The lowest BCUT2D eigenvalue weighted by atomic mass is 9.75. The first-order valence-electron chi connectivity index (χ1n) is 8.08. The minimum absolute atomic E-state index is 0.226. The molecule has 0 saturated carbocycles. The fraction of sp³-hybridized carbons (Fsp3) is 0.667. The van der Waals surface area contributed by atoms with E-state index in [9.17, 15) is 13.2 Å². The van der Waals surface area contributed by atoms with E-state index in [1.165, 1.54) is 6.07 Å². The molecule has 2 rings (SSSR count). The highest BCUT2D eigenvalue weighted by atomic mass is 19.4. The Bertz CT molecular complexity index is 506. The Hall–Kier alpha value is -1.19. The minimum atomic E-state index is -4.29. The van der Waals surface area contributed by atoms with E-state index in [1.54, 1.807) is 12.1 Å². The van der Waals surface area contributed by atoms with Gasteiger partial charge < -0.3 is 4.90 Å². The maximum atomic E-state index is 13.3. The standard InChI is InChI=1S/C18H26F3N/c1-5-13-6-7-15(18(19,20)21)16(12-13)22-10-8-14(9-11-22)17(2,3)4/h6-7,12,14H,5,8-11H2,1-4H3. The van der Waals surface area contributed by atoms with E-state index in [0.29, 0.717) is 24.7 Å². The van der Waals surface area contributed by atoms with Crippen LogP contribution in [0.15, 0.2) is 18.2 Å². The van der Waals surface area contributed by atoms with Gasteiger partial charge in [-0.1, -0.05) is 33.8 Å². The van der Waals surface area contributed by atoms with Crippen molar-refractivity contribution in [3.63, 3.8) is 0 Å². The predicted molar refractivity (Wildman–Crippen MR) is 85.2 cm³/mol. The number of piperidine rings is 1. The van der Waals surface area contributed by atoms with Gasteiger partial charge in [-0.2, -0.15) is 13.2 Å². The number of anilines is 1. The molecule has 1 aromatic rings. The maximum absolute atomic E-state index is 13.3. The highest BCUT2D eigenvalue weighted by Crippen LogP contribution is 2.40. The fourth-order valence-corrected chi connectivity index (χ4v) is 3.28. The van der Waals surface area contributed by atoms with Crippen molar-refractivity contribution in [2.45, 2.75) is 53.1 Å². The normalized spacial score (nSPS) is 17.9. The smallest absolute Gasteiger partial charge is 0.371 e. The second kappa shape index (κ2) is 6.13. The topological polar surface area (TPSA) is 3.24 Å². The van der Waals surface area contributed by atoms with E-state index in [4.69, 9.17) is 0 Å². The number of aryl methyl sites for hydroxylation is 1. The van der Waals surface area contributed by atoms with Gasteiger partial charge in [-0.15, -0.1) is 0 Å². The molecule has 0 N–H and O–H groups in total. The highest BCUT2D eigenvalue weighted by molar-refractivity contribution is 5.57. The molecule has 4 heteroatoms. The van der Waals surface area contributed by atoms with Gasteiger partial charge in [0.1, 0.15) is 0 Å². The third-order valence-corrected chi connectivity index (χ3v) is 4.84. The summed E-state index contributed by atoms with van der Waals surface area (Å²) in [5, 5.41) is 0. The number of alkyl halides is 3. The summed E-state index contributed by atoms with van der Waals surface area (Å²) in [5.41, 5.74) is 1.04. The van der Waals surface area contributed by atoms with Crippen molar-refractivity contribution in [1.82, 2.24) is 0 Å². The number of hydrogen-bond donors (Lipinski definition) is 0. The van der Waals surface area contributed by atoms with Crippen LogP contribution in [0.1, 0.15) is 51.7 Å². The van der Waals surface area contributed by atoms with E-state index < -0.39 is 11.7 Å². The Morgan fingerprint density at radius 1 is 1.09 bits per heavy atom. The summed E-state index contributed by atoms with van der Waals surface area (Å²) in [6.07, 6.45) is -1.62. The van der Waals surface area contributed by atoms with Crippen LogP contribution in [0.5, 0.6) is 0 Å². The monoisotopic (exact) mass is 313 g/mol. The first-order valence-corrected chi connectivity index (χ1v) is 8.08. The van der Waals surface area contributed by atoms with Gasteiger partial charge in [-0.05, 0) is 48.3 Å². The number of benzene rings is 1. The molecule has 0 aromatic heterocycles. The van der Waals surface area contributed by atoms with E-state index in [0.717, 1.165) is 24.8 Å². The second-order valence-corrected chi connectivity index (χ2v) is 7.33. The van der Waals surface area contributed by atoms with Crippen LogP contribution in [-0.4, -0.2) is 13.1 Å². The molecule has 1 aliphatic rings. The first kappa shape index (κ1) is 17.2. The van der Waals surface area contributed by atoms with Crippen molar-refractivity contribution in [3.8, 4) is 0 Å². The van der Waals surface area contributed by atoms with Gasteiger partial charge in [0.2, 0.25) is 0 Å². The molecular formula is C18H26F3N. The first-order chi connectivity index (χ1) is 10.1. The highest BCUT2D eigenvalue weighted by Gasteiger charge is 2.36. The summed E-state index contributed by atoms with van der Waals surface area (Å²) < 4.78 is 39.8. The van der Waals surface area contributed by atoms with Crippen molar-refractivity contribution in [2.75, 3.05) is 18.0 Å². The van der Waals surface area contributed by atoms with Gasteiger partial charge in [0.15, 0.2) is 0 Å². The SMILES string of the molecule is CCc1ccc(C(F)(F)F)c(N2CCC(C(C)(C)C)CC2)c1.